The normalized spacial score (nSPS) is 17.2. The van der Waals surface area contributed by atoms with Crippen molar-refractivity contribution in [2.75, 3.05) is 38.1 Å². The van der Waals surface area contributed by atoms with Gasteiger partial charge in [0.05, 0.1) is 5.69 Å². The van der Waals surface area contributed by atoms with E-state index in [4.69, 9.17) is 10.9 Å². The molecule has 8 heteroatoms. The molecule has 0 radical (unpaired) electrons. The van der Waals surface area contributed by atoms with E-state index in [2.05, 4.69) is 4.90 Å². The smallest absolute Gasteiger partial charge is 0.248 e. The summed E-state index contributed by atoms with van der Waals surface area (Å²) in [6.45, 7) is 3.08. The highest BCUT2D eigenvalue weighted by atomic mass is 32.2. The topological polar surface area (TPSA) is 110 Å². The maximum atomic E-state index is 11.7. The highest BCUT2D eigenvalue weighted by Gasteiger charge is 2.22. The minimum atomic E-state index is -3.92. The van der Waals surface area contributed by atoms with Crippen LogP contribution in [0.2, 0.25) is 0 Å². The molecule has 20 heavy (non-hydrogen) atoms. The second kappa shape index (κ2) is 5.39. The molecule has 0 unspecified atom stereocenters. The Morgan fingerprint density at radius 1 is 1.20 bits per heavy atom. The number of amides is 1. The van der Waals surface area contributed by atoms with Gasteiger partial charge in [-0.25, -0.2) is 13.6 Å². The van der Waals surface area contributed by atoms with Crippen LogP contribution in [0.5, 0.6) is 0 Å². The van der Waals surface area contributed by atoms with Gasteiger partial charge in [0.2, 0.25) is 15.9 Å². The van der Waals surface area contributed by atoms with Crippen LogP contribution in [0.3, 0.4) is 0 Å². The Kier molecular flexibility index (Phi) is 3.98. The van der Waals surface area contributed by atoms with Gasteiger partial charge < -0.3 is 15.5 Å². The average molecular weight is 298 g/mol. The number of primary sulfonamides is 1. The zero-order valence-corrected chi connectivity index (χ0v) is 12.1. The fraction of sp³-hybridized carbons (Fsp3) is 0.417. The number of carbonyl (C=O) groups is 1. The minimum absolute atomic E-state index is 0.0571. The molecule has 4 N–H and O–H groups in total. The lowest BCUT2D eigenvalue weighted by Crippen LogP contribution is -2.45. The quantitative estimate of drug-likeness (QED) is 0.758. The van der Waals surface area contributed by atoms with Crippen molar-refractivity contribution in [3.63, 3.8) is 0 Å². The van der Waals surface area contributed by atoms with Crippen LogP contribution in [0.1, 0.15) is 10.4 Å². The van der Waals surface area contributed by atoms with Crippen molar-refractivity contribution in [1.29, 1.82) is 0 Å². The van der Waals surface area contributed by atoms with Gasteiger partial charge in [-0.2, -0.15) is 0 Å². The van der Waals surface area contributed by atoms with E-state index in [1.165, 1.54) is 12.1 Å². The molecule has 1 aliphatic rings. The molecule has 0 aliphatic carbocycles. The zero-order chi connectivity index (χ0) is 14.9. The van der Waals surface area contributed by atoms with Crippen LogP contribution in [-0.2, 0) is 10.0 Å². The molecule has 1 amide bonds. The number of piperazine rings is 1. The summed E-state index contributed by atoms with van der Waals surface area (Å²) in [5.74, 6) is -0.681. The molecule has 1 aliphatic heterocycles. The van der Waals surface area contributed by atoms with Crippen LogP contribution in [0.25, 0.3) is 0 Å². The summed E-state index contributed by atoms with van der Waals surface area (Å²) in [7, 11) is -1.91. The molecule has 0 aromatic heterocycles. The highest BCUT2D eigenvalue weighted by molar-refractivity contribution is 7.89. The number of carbonyl (C=O) groups excluding carboxylic acids is 1. The molecule has 1 saturated heterocycles. The fourth-order valence-electron chi connectivity index (χ4n) is 2.20. The summed E-state index contributed by atoms with van der Waals surface area (Å²) in [5, 5.41) is 5.24. The van der Waals surface area contributed by atoms with Gasteiger partial charge in [-0.05, 0) is 25.2 Å². The third-order valence-corrected chi connectivity index (χ3v) is 4.33. The Morgan fingerprint density at radius 3 is 2.30 bits per heavy atom. The van der Waals surface area contributed by atoms with Crippen LogP contribution >= 0.6 is 0 Å². The first-order chi connectivity index (χ1) is 9.29. The first-order valence-electron chi connectivity index (χ1n) is 6.19. The Morgan fingerprint density at radius 2 is 1.80 bits per heavy atom. The fourth-order valence-corrected chi connectivity index (χ4v) is 2.98. The Labute approximate surface area is 118 Å². The van der Waals surface area contributed by atoms with Crippen molar-refractivity contribution < 1.29 is 13.2 Å². The number of hydrogen-bond donors (Lipinski definition) is 2. The molecule has 2 rings (SSSR count). The third kappa shape index (κ3) is 3.09. The maximum absolute atomic E-state index is 11.7. The van der Waals surface area contributed by atoms with Crippen LogP contribution < -0.4 is 15.8 Å². The number of sulfonamides is 1. The van der Waals surface area contributed by atoms with Crippen molar-refractivity contribution in [1.82, 2.24) is 4.90 Å². The first-order valence-corrected chi connectivity index (χ1v) is 7.74. The molecule has 1 aromatic carbocycles. The zero-order valence-electron chi connectivity index (χ0n) is 11.2. The molecular weight excluding hydrogens is 280 g/mol. The van der Waals surface area contributed by atoms with E-state index in [0.717, 1.165) is 13.1 Å². The summed E-state index contributed by atoms with van der Waals surface area (Å²) in [6, 6.07) is 4.35. The first kappa shape index (κ1) is 14.8. The molecule has 1 aromatic rings. The van der Waals surface area contributed by atoms with E-state index >= 15 is 0 Å². The van der Waals surface area contributed by atoms with Crippen LogP contribution in [0.15, 0.2) is 23.1 Å². The summed E-state index contributed by atoms with van der Waals surface area (Å²) >= 11 is 0. The second-order valence-electron chi connectivity index (χ2n) is 4.88. The predicted molar refractivity (Wildman–Crippen MR) is 76.0 cm³/mol. The van der Waals surface area contributed by atoms with Crippen LogP contribution in [0, 0.1) is 0 Å². The SMILES string of the molecule is CN1CCN(c2ccc(C(N)=O)cc2S(N)(=O)=O)CC1. The van der Waals surface area contributed by atoms with Crippen molar-refractivity contribution in [2.24, 2.45) is 10.9 Å². The summed E-state index contributed by atoms with van der Waals surface area (Å²) in [5.41, 5.74) is 5.83. The van der Waals surface area contributed by atoms with E-state index in [1.807, 2.05) is 11.9 Å². The monoisotopic (exact) mass is 298 g/mol. The number of benzene rings is 1. The summed E-state index contributed by atoms with van der Waals surface area (Å²) in [6.07, 6.45) is 0. The molecule has 0 atom stereocenters. The van der Waals surface area contributed by atoms with E-state index in [1.54, 1.807) is 6.07 Å². The van der Waals surface area contributed by atoms with E-state index in [-0.39, 0.29) is 10.5 Å². The predicted octanol–water partition coefficient (Wildman–Crippen LogP) is -0.815. The molecule has 1 fully saturated rings. The molecule has 0 saturated carbocycles. The Hall–Kier alpha value is -1.64. The van der Waals surface area contributed by atoms with Gasteiger partial charge in [-0.3, -0.25) is 4.79 Å². The van der Waals surface area contributed by atoms with Crippen molar-refractivity contribution >= 4 is 21.6 Å². The van der Waals surface area contributed by atoms with E-state index in [0.29, 0.717) is 18.8 Å². The largest absolute Gasteiger partial charge is 0.368 e. The molecular formula is C12H18N4O3S. The minimum Gasteiger partial charge on any atom is -0.368 e. The maximum Gasteiger partial charge on any atom is 0.248 e. The van der Waals surface area contributed by atoms with E-state index in [9.17, 15) is 13.2 Å². The van der Waals surface area contributed by atoms with Gasteiger partial charge in [0.15, 0.2) is 0 Å². The van der Waals surface area contributed by atoms with Gasteiger partial charge in [0.1, 0.15) is 4.90 Å². The standard InChI is InChI=1S/C12H18N4O3S/c1-15-4-6-16(7-5-15)10-3-2-9(12(13)17)8-11(10)20(14,18)19/h2-3,8H,4-7H2,1H3,(H2,13,17)(H2,14,18,19). The molecule has 7 nitrogen and oxygen atoms in total. The van der Waals surface area contributed by atoms with Crippen LogP contribution in [0.4, 0.5) is 5.69 Å². The van der Waals surface area contributed by atoms with Gasteiger partial charge in [0, 0.05) is 31.7 Å². The number of nitrogens with zero attached hydrogens (tertiary/aromatic N) is 2. The average Bonchev–Trinajstić information content (AvgIpc) is 2.38. The van der Waals surface area contributed by atoms with E-state index < -0.39 is 15.9 Å². The lowest BCUT2D eigenvalue weighted by atomic mass is 10.1. The number of anilines is 1. The molecule has 1 heterocycles. The van der Waals surface area contributed by atoms with Crippen molar-refractivity contribution in [3.05, 3.63) is 23.8 Å². The second-order valence-corrected chi connectivity index (χ2v) is 6.41. The lowest BCUT2D eigenvalue weighted by molar-refractivity contribution is 0.1000. The summed E-state index contributed by atoms with van der Waals surface area (Å²) in [4.78, 5) is 15.2. The Bertz CT molecular complexity index is 622. The van der Waals surface area contributed by atoms with Gasteiger partial charge in [-0.15, -0.1) is 0 Å². The molecule has 0 bridgehead atoms. The van der Waals surface area contributed by atoms with Crippen molar-refractivity contribution in [2.45, 2.75) is 4.90 Å². The number of primary amides is 1. The summed E-state index contributed by atoms with van der Waals surface area (Å²) < 4.78 is 23.4. The van der Waals surface area contributed by atoms with Gasteiger partial charge in [0.25, 0.3) is 0 Å². The number of likely N-dealkylation sites (N-methyl/N-ethyl adjacent to an activating group) is 1. The lowest BCUT2D eigenvalue weighted by Gasteiger charge is -2.34. The number of hydrogen-bond acceptors (Lipinski definition) is 5. The number of rotatable bonds is 3. The molecule has 0 spiro atoms. The highest BCUT2D eigenvalue weighted by Crippen LogP contribution is 2.26. The third-order valence-electron chi connectivity index (χ3n) is 3.39. The molecule has 110 valence electrons. The number of nitrogens with two attached hydrogens (primary N) is 2. The van der Waals surface area contributed by atoms with Gasteiger partial charge >= 0.3 is 0 Å². The van der Waals surface area contributed by atoms with Gasteiger partial charge in [-0.1, -0.05) is 0 Å². The Balaban J connectivity index is 2.45. The van der Waals surface area contributed by atoms with Crippen LogP contribution in [-0.4, -0.2) is 52.5 Å². The van der Waals surface area contributed by atoms with Crippen molar-refractivity contribution in [3.8, 4) is 0 Å².